The Kier molecular flexibility index (Phi) is 8.62. The van der Waals surface area contributed by atoms with Gasteiger partial charge in [-0.05, 0) is 44.2 Å². The topological polar surface area (TPSA) is 3.24 Å². The summed E-state index contributed by atoms with van der Waals surface area (Å²) in [6.07, 6.45) is 19.7. The molecule has 1 rings (SSSR count). The van der Waals surface area contributed by atoms with Gasteiger partial charge in [0.2, 0.25) is 0 Å². The quantitative estimate of drug-likeness (QED) is 0.506. The van der Waals surface area contributed by atoms with Crippen LogP contribution in [0.4, 0.5) is 5.69 Å². The lowest BCUT2D eigenvalue weighted by atomic mass is 10.2. The number of benzene rings is 1. The molecule has 0 amide bonds. The van der Waals surface area contributed by atoms with Gasteiger partial charge in [0, 0.05) is 17.1 Å². The Morgan fingerprint density at radius 1 is 0.870 bits per heavy atom. The number of allylic oxidation sites excluding steroid dienone is 10. The highest BCUT2D eigenvalue weighted by atomic mass is 15.1. The average molecular weight is 303 g/mol. The van der Waals surface area contributed by atoms with Gasteiger partial charge in [-0.25, -0.2) is 0 Å². The lowest BCUT2D eigenvalue weighted by Gasteiger charge is -2.27. The van der Waals surface area contributed by atoms with Gasteiger partial charge in [-0.1, -0.05) is 73.9 Å². The Labute approximate surface area is 140 Å². The highest BCUT2D eigenvalue weighted by molar-refractivity contribution is 5.63. The zero-order valence-electron chi connectivity index (χ0n) is 14.0. The van der Waals surface area contributed by atoms with Crippen LogP contribution in [0.15, 0.2) is 116 Å². The zero-order chi connectivity index (χ0) is 16.9. The molecule has 0 aromatic heterocycles. The van der Waals surface area contributed by atoms with E-state index in [9.17, 15) is 0 Å². The Hall–Kier alpha value is -2.80. The monoisotopic (exact) mass is 303 g/mol. The second-order valence-electron chi connectivity index (χ2n) is 4.69. The molecule has 0 atom stereocenters. The third-order valence-corrected chi connectivity index (χ3v) is 3.09. The molecule has 0 N–H and O–H groups in total. The summed E-state index contributed by atoms with van der Waals surface area (Å²) in [6.45, 7) is 11.6. The van der Waals surface area contributed by atoms with Crippen LogP contribution in [-0.4, -0.2) is 0 Å². The van der Waals surface area contributed by atoms with Crippen molar-refractivity contribution in [1.82, 2.24) is 0 Å². The molecule has 0 aliphatic rings. The molecule has 1 aromatic rings. The summed E-state index contributed by atoms with van der Waals surface area (Å²) in [5, 5.41) is 0. The van der Waals surface area contributed by atoms with E-state index in [1.807, 2.05) is 68.5 Å². The molecule has 1 heteroatoms. The van der Waals surface area contributed by atoms with Gasteiger partial charge in [0.25, 0.3) is 0 Å². The SMILES string of the molecule is C=C/C=C\C(=C/C=C)N(C(/C=C\C=C/C)=C/C)c1ccccc1. The van der Waals surface area contributed by atoms with Crippen LogP contribution in [0.3, 0.4) is 0 Å². The predicted molar refractivity (Wildman–Crippen MR) is 104 cm³/mol. The first-order valence-corrected chi connectivity index (χ1v) is 7.71. The molecule has 1 aromatic carbocycles. The molecule has 1 nitrogen and oxygen atoms in total. The average Bonchev–Trinajstić information content (AvgIpc) is 2.59. The molecule has 0 bridgehead atoms. The van der Waals surface area contributed by atoms with Crippen LogP contribution < -0.4 is 4.90 Å². The first-order chi connectivity index (χ1) is 11.3. The standard InChI is InChI=1S/C22H25N/c1-5-9-12-17-20(8-4)23(22-18-13-11-14-19-22)21(15-7-3)16-10-6-2/h5-19H,2-3H2,1,4H3/b9-5-,16-10-,17-12-,20-8+,21-15+. The molecular weight excluding hydrogens is 278 g/mol. The van der Waals surface area contributed by atoms with E-state index in [4.69, 9.17) is 0 Å². The van der Waals surface area contributed by atoms with Gasteiger partial charge in [-0.15, -0.1) is 0 Å². The summed E-state index contributed by atoms with van der Waals surface area (Å²) in [7, 11) is 0. The molecule has 0 aliphatic carbocycles. The number of hydrogen-bond donors (Lipinski definition) is 0. The third-order valence-electron chi connectivity index (χ3n) is 3.09. The van der Waals surface area contributed by atoms with E-state index in [1.54, 1.807) is 12.2 Å². The van der Waals surface area contributed by atoms with Crippen molar-refractivity contribution in [2.75, 3.05) is 4.90 Å². The van der Waals surface area contributed by atoms with Gasteiger partial charge < -0.3 is 4.90 Å². The fourth-order valence-corrected chi connectivity index (χ4v) is 2.08. The molecule has 0 unspecified atom stereocenters. The van der Waals surface area contributed by atoms with Crippen LogP contribution in [0.2, 0.25) is 0 Å². The lowest BCUT2D eigenvalue weighted by Crippen LogP contribution is -2.19. The summed E-state index contributed by atoms with van der Waals surface area (Å²) >= 11 is 0. The zero-order valence-corrected chi connectivity index (χ0v) is 14.0. The number of rotatable bonds is 8. The van der Waals surface area contributed by atoms with E-state index < -0.39 is 0 Å². The van der Waals surface area contributed by atoms with Crippen LogP contribution in [-0.2, 0) is 0 Å². The maximum atomic E-state index is 3.83. The van der Waals surface area contributed by atoms with Crippen molar-refractivity contribution >= 4 is 5.69 Å². The fraction of sp³-hybridized carbons (Fsp3) is 0.0909. The van der Waals surface area contributed by atoms with Gasteiger partial charge in [-0.2, -0.15) is 0 Å². The van der Waals surface area contributed by atoms with Crippen LogP contribution in [0.25, 0.3) is 0 Å². The fourth-order valence-electron chi connectivity index (χ4n) is 2.08. The van der Waals surface area contributed by atoms with E-state index in [1.165, 1.54) is 0 Å². The van der Waals surface area contributed by atoms with E-state index in [-0.39, 0.29) is 0 Å². The maximum Gasteiger partial charge on any atom is 0.0461 e. The molecule has 23 heavy (non-hydrogen) atoms. The largest absolute Gasteiger partial charge is 0.311 e. The van der Waals surface area contributed by atoms with Crippen molar-refractivity contribution < 1.29 is 0 Å². The van der Waals surface area contributed by atoms with Crippen LogP contribution in [0.1, 0.15) is 13.8 Å². The second-order valence-corrected chi connectivity index (χ2v) is 4.69. The van der Waals surface area contributed by atoms with Crippen molar-refractivity contribution in [2.24, 2.45) is 0 Å². The van der Waals surface area contributed by atoms with Gasteiger partial charge in [-0.3, -0.25) is 0 Å². The molecular formula is C22H25N. The predicted octanol–water partition coefficient (Wildman–Crippen LogP) is 6.34. The summed E-state index contributed by atoms with van der Waals surface area (Å²) in [4.78, 5) is 2.18. The van der Waals surface area contributed by atoms with Crippen LogP contribution in [0.5, 0.6) is 0 Å². The van der Waals surface area contributed by atoms with Gasteiger partial charge in [0.05, 0.1) is 0 Å². The van der Waals surface area contributed by atoms with Gasteiger partial charge in [0.15, 0.2) is 0 Å². The Morgan fingerprint density at radius 3 is 2.13 bits per heavy atom. The van der Waals surface area contributed by atoms with Gasteiger partial charge >= 0.3 is 0 Å². The first kappa shape index (κ1) is 18.2. The third kappa shape index (κ3) is 5.84. The summed E-state index contributed by atoms with van der Waals surface area (Å²) < 4.78 is 0. The van der Waals surface area contributed by atoms with Crippen molar-refractivity contribution in [2.45, 2.75) is 13.8 Å². The number of nitrogens with zero attached hydrogens (tertiary/aromatic N) is 1. The summed E-state index contributed by atoms with van der Waals surface area (Å²) in [6, 6.07) is 10.3. The van der Waals surface area contributed by atoms with E-state index in [2.05, 4.69) is 42.3 Å². The minimum absolute atomic E-state index is 1.02. The minimum atomic E-state index is 1.02. The number of para-hydroxylation sites is 1. The van der Waals surface area contributed by atoms with Crippen molar-refractivity contribution in [1.29, 1.82) is 0 Å². The Bertz CT molecular complexity index is 640. The van der Waals surface area contributed by atoms with Crippen LogP contribution in [0, 0.1) is 0 Å². The van der Waals surface area contributed by atoms with Gasteiger partial charge in [0.1, 0.15) is 0 Å². The Morgan fingerprint density at radius 2 is 1.57 bits per heavy atom. The molecule has 118 valence electrons. The molecule has 0 fully saturated rings. The van der Waals surface area contributed by atoms with Crippen LogP contribution >= 0.6 is 0 Å². The summed E-state index contributed by atoms with van der Waals surface area (Å²) in [5.74, 6) is 0. The minimum Gasteiger partial charge on any atom is -0.311 e. The van der Waals surface area contributed by atoms with E-state index in [0.717, 1.165) is 17.1 Å². The highest BCUT2D eigenvalue weighted by Crippen LogP contribution is 2.26. The maximum absolute atomic E-state index is 3.83. The molecule has 0 radical (unpaired) electrons. The van der Waals surface area contributed by atoms with Crippen molar-refractivity contribution in [3.05, 3.63) is 116 Å². The lowest BCUT2D eigenvalue weighted by molar-refractivity contribution is 1.13. The second kappa shape index (κ2) is 10.9. The number of hydrogen-bond acceptors (Lipinski definition) is 1. The molecule has 0 saturated carbocycles. The Balaban J connectivity index is 3.41. The molecule has 0 heterocycles. The van der Waals surface area contributed by atoms with E-state index >= 15 is 0 Å². The summed E-state index contributed by atoms with van der Waals surface area (Å²) in [5.41, 5.74) is 3.19. The first-order valence-electron chi connectivity index (χ1n) is 7.71. The van der Waals surface area contributed by atoms with Crippen molar-refractivity contribution in [3.8, 4) is 0 Å². The molecule has 0 spiro atoms. The highest BCUT2D eigenvalue weighted by Gasteiger charge is 2.12. The molecule has 0 saturated heterocycles. The van der Waals surface area contributed by atoms with Crippen molar-refractivity contribution in [3.63, 3.8) is 0 Å². The number of anilines is 1. The normalized spacial score (nSPS) is 13.1. The molecule has 0 aliphatic heterocycles. The smallest absolute Gasteiger partial charge is 0.0461 e. The van der Waals surface area contributed by atoms with E-state index in [0.29, 0.717) is 0 Å².